The van der Waals surface area contributed by atoms with E-state index >= 15 is 0 Å². The summed E-state index contributed by atoms with van der Waals surface area (Å²) in [5, 5.41) is 3.14. The van der Waals surface area contributed by atoms with Crippen molar-refractivity contribution in [3.8, 4) is 0 Å². The third kappa shape index (κ3) is 3.13. The van der Waals surface area contributed by atoms with Crippen molar-refractivity contribution < 1.29 is 4.79 Å². The Morgan fingerprint density at radius 3 is 2.50 bits per heavy atom. The van der Waals surface area contributed by atoms with Crippen LogP contribution in [0.4, 0.5) is 0 Å². The minimum absolute atomic E-state index is 0.292. The number of amides is 1. The average Bonchev–Trinajstić information content (AvgIpc) is 3.08. The van der Waals surface area contributed by atoms with Crippen LogP contribution in [0, 0.1) is 11.3 Å². The third-order valence-corrected chi connectivity index (χ3v) is 4.38. The van der Waals surface area contributed by atoms with Crippen LogP contribution in [-0.4, -0.2) is 18.3 Å². The molecule has 0 spiro atoms. The molecule has 0 heterocycles. The van der Waals surface area contributed by atoms with Gasteiger partial charge in [0.2, 0.25) is 5.91 Å². The van der Waals surface area contributed by atoms with Crippen LogP contribution in [0.2, 0.25) is 0 Å². The van der Waals surface area contributed by atoms with Crippen molar-refractivity contribution in [1.82, 2.24) is 5.32 Å². The van der Waals surface area contributed by atoms with Gasteiger partial charge in [0.05, 0.1) is 0 Å². The summed E-state index contributed by atoms with van der Waals surface area (Å²) < 4.78 is 0. The van der Waals surface area contributed by atoms with Crippen LogP contribution in [0.5, 0.6) is 0 Å². The van der Waals surface area contributed by atoms with Crippen molar-refractivity contribution in [1.29, 1.82) is 0 Å². The average molecular weight is 244 g/mol. The molecule has 3 heteroatoms. The summed E-state index contributed by atoms with van der Waals surface area (Å²) in [7, 11) is 0. The van der Waals surface area contributed by atoms with Gasteiger partial charge in [-0.25, -0.2) is 0 Å². The molecule has 1 amide bonds. The number of hydrogen-bond donors (Lipinski definition) is 1. The molecule has 0 radical (unpaired) electrons. The van der Waals surface area contributed by atoms with Gasteiger partial charge in [-0.05, 0) is 37.5 Å². The van der Waals surface area contributed by atoms with E-state index in [-0.39, 0.29) is 0 Å². The fourth-order valence-electron chi connectivity index (χ4n) is 2.68. The SMILES string of the molecule is O=C(NCC1(CCCl)CC1)C1CCCCC1. The maximum atomic E-state index is 11.9. The lowest BCUT2D eigenvalue weighted by atomic mass is 9.88. The summed E-state index contributed by atoms with van der Waals surface area (Å²) in [6, 6.07) is 0. The van der Waals surface area contributed by atoms with E-state index in [9.17, 15) is 4.79 Å². The molecule has 0 aliphatic heterocycles. The molecular weight excluding hydrogens is 222 g/mol. The van der Waals surface area contributed by atoms with Gasteiger partial charge in [0.15, 0.2) is 0 Å². The Kier molecular flexibility index (Phi) is 4.12. The van der Waals surface area contributed by atoms with Crippen LogP contribution < -0.4 is 5.32 Å². The molecule has 0 aromatic rings. The molecule has 2 aliphatic rings. The molecule has 0 atom stereocenters. The Hall–Kier alpha value is -0.240. The molecule has 2 saturated carbocycles. The van der Waals surface area contributed by atoms with Crippen LogP contribution in [0.15, 0.2) is 0 Å². The first kappa shape index (κ1) is 12.2. The monoisotopic (exact) mass is 243 g/mol. The van der Waals surface area contributed by atoms with Crippen molar-refractivity contribution >= 4 is 17.5 Å². The highest BCUT2D eigenvalue weighted by Crippen LogP contribution is 2.48. The number of nitrogens with one attached hydrogen (secondary N) is 1. The number of rotatable bonds is 5. The topological polar surface area (TPSA) is 29.1 Å². The van der Waals surface area contributed by atoms with Crippen LogP contribution in [0.1, 0.15) is 51.4 Å². The van der Waals surface area contributed by atoms with Gasteiger partial charge in [0, 0.05) is 18.3 Å². The second kappa shape index (κ2) is 5.39. The van der Waals surface area contributed by atoms with Gasteiger partial charge in [-0.3, -0.25) is 4.79 Å². The van der Waals surface area contributed by atoms with Crippen LogP contribution in [0.25, 0.3) is 0 Å². The molecule has 2 fully saturated rings. The molecule has 0 unspecified atom stereocenters. The Balaban J connectivity index is 1.70. The van der Waals surface area contributed by atoms with Crippen LogP contribution in [0.3, 0.4) is 0 Å². The Morgan fingerprint density at radius 2 is 1.94 bits per heavy atom. The summed E-state index contributed by atoms with van der Waals surface area (Å²) in [6.07, 6.45) is 9.48. The van der Waals surface area contributed by atoms with Crippen molar-refractivity contribution in [2.45, 2.75) is 51.4 Å². The molecule has 2 nitrogen and oxygen atoms in total. The molecule has 0 aromatic carbocycles. The fraction of sp³-hybridized carbons (Fsp3) is 0.923. The van der Waals surface area contributed by atoms with E-state index in [4.69, 9.17) is 11.6 Å². The number of carbonyl (C=O) groups is 1. The van der Waals surface area contributed by atoms with E-state index in [0.29, 0.717) is 17.2 Å². The van der Waals surface area contributed by atoms with Crippen molar-refractivity contribution in [2.75, 3.05) is 12.4 Å². The van der Waals surface area contributed by atoms with Gasteiger partial charge >= 0.3 is 0 Å². The molecule has 0 saturated heterocycles. The Morgan fingerprint density at radius 1 is 1.25 bits per heavy atom. The molecule has 92 valence electrons. The van der Waals surface area contributed by atoms with E-state index in [0.717, 1.165) is 31.7 Å². The number of carbonyl (C=O) groups excluding carboxylic acids is 1. The predicted octanol–water partition coefficient (Wildman–Crippen LogP) is 3.09. The normalized spacial score (nSPS) is 24.1. The highest BCUT2D eigenvalue weighted by molar-refractivity contribution is 6.17. The summed E-state index contributed by atoms with van der Waals surface area (Å²) in [5.74, 6) is 1.31. The van der Waals surface area contributed by atoms with Gasteiger partial charge < -0.3 is 5.32 Å². The maximum absolute atomic E-state index is 11.9. The van der Waals surface area contributed by atoms with Gasteiger partial charge in [-0.2, -0.15) is 0 Å². The molecule has 0 bridgehead atoms. The highest BCUT2D eigenvalue weighted by atomic mass is 35.5. The van der Waals surface area contributed by atoms with Gasteiger partial charge in [0.25, 0.3) is 0 Å². The fourth-order valence-corrected chi connectivity index (χ4v) is 3.08. The van der Waals surface area contributed by atoms with Crippen molar-refractivity contribution in [3.63, 3.8) is 0 Å². The van der Waals surface area contributed by atoms with Crippen molar-refractivity contribution in [2.24, 2.45) is 11.3 Å². The van der Waals surface area contributed by atoms with Gasteiger partial charge in [-0.1, -0.05) is 19.3 Å². The van der Waals surface area contributed by atoms with E-state index in [1.807, 2.05) is 0 Å². The number of hydrogen-bond acceptors (Lipinski definition) is 1. The van der Waals surface area contributed by atoms with Crippen LogP contribution in [-0.2, 0) is 4.79 Å². The zero-order chi connectivity index (χ0) is 11.4. The minimum atomic E-state index is 0.292. The smallest absolute Gasteiger partial charge is 0.223 e. The summed E-state index contributed by atoms with van der Waals surface area (Å²) in [5.41, 5.74) is 0.367. The largest absolute Gasteiger partial charge is 0.355 e. The van der Waals surface area contributed by atoms with E-state index in [1.54, 1.807) is 0 Å². The summed E-state index contributed by atoms with van der Waals surface area (Å²) >= 11 is 5.78. The molecular formula is C13H22ClNO. The summed E-state index contributed by atoms with van der Waals surface area (Å²) in [4.78, 5) is 11.9. The molecule has 0 aromatic heterocycles. The van der Waals surface area contributed by atoms with E-state index < -0.39 is 0 Å². The second-order valence-corrected chi connectivity index (χ2v) is 5.87. The van der Waals surface area contributed by atoms with Crippen molar-refractivity contribution in [3.05, 3.63) is 0 Å². The number of alkyl halides is 1. The highest BCUT2D eigenvalue weighted by Gasteiger charge is 2.42. The molecule has 1 N–H and O–H groups in total. The zero-order valence-electron chi connectivity index (χ0n) is 9.93. The first-order chi connectivity index (χ1) is 7.76. The van der Waals surface area contributed by atoms with E-state index in [1.165, 1.54) is 32.1 Å². The second-order valence-electron chi connectivity index (χ2n) is 5.49. The maximum Gasteiger partial charge on any atom is 0.223 e. The molecule has 16 heavy (non-hydrogen) atoms. The zero-order valence-corrected chi connectivity index (χ0v) is 10.7. The first-order valence-corrected chi connectivity index (χ1v) is 7.13. The lowest BCUT2D eigenvalue weighted by molar-refractivity contribution is -0.126. The Labute approximate surface area is 103 Å². The number of halogens is 1. The quantitative estimate of drug-likeness (QED) is 0.739. The van der Waals surface area contributed by atoms with E-state index in [2.05, 4.69) is 5.32 Å². The van der Waals surface area contributed by atoms with Gasteiger partial charge in [0.1, 0.15) is 0 Å². The predicted molar refractivity (Wildman–Crippen MR) is 66.6 cm³/mol. The third-order valence-electron chi connectivity index (χ3n) is 4.20. The van der Waals surface area contributed by atoms with Gasteiger partial charge in [-0.15, -0.1) is 11.6 Å². The lowest BCUT2D eigenvalue weighted by Crippen LogP contribution is -2.36. The minimum Gasteiger partial charge on any atom is -0.355 e. The molecule has 2 rings (SSSR count). The standard InChI is InChI=1S/C13H22ClNO/c14-9-8-13(6-7-13)10-15-12(16)11-4-2-1-3-5-11/h11H,1-10H2,(H,15,16). The van der Waals surface area contributed by atoms with Crippen LogP contribution >= 0.6 is 11.6 Å². The summed E-state index contributed by atoms with van der Waals surface area (Å²) in [6.45, 7) is 0.856. The molecule has 2 aliphatic carbocycles. The Bertz CT molecular complexity index is 244. The first-order valence-electron chi connectivity index (χ1n) is 6.59. The lowest BCUT2D eigenvalue weighted by Gasteiger charge is -2.22.